The van der Waals surface area contributed by atoms with Crippen LogP contribution in [0.25, 0.3) is 0 Å². The van der Waals surface area contributed by atoms with Gasteiger partial charge in [-0.15, -0.1) is 0 Å². The number of hydrogen-bond acceptors (Lipinski definition) is 2. The molecule has 3 unspecified atom stereocenters. The van der Waals surface area contributed by atoms with Crippen LogP contribution in [-0.2, 0) is 11.2 Å². The van der Waals surface area contributed by atoms with Gasteiger partial charge in [0.05, 0.1) is 18.0 Å². The van der Waals surface area contributed by atoms with Gasteiger partial charge >= 0.3 is 0 Å². The largest absolute Gasteiger partial charge is 0.384 e. The number of carbonyl (C=O) groups is 1. The Morgan fingerprint density at radius 2 is 2.04 bits per heavy atom. The second-order valence-corrected chi connectivity index (χ2v) is 7.43. The number of nitrogens with zero attached hydrogens (tertiary/aromatic N) is 1. The first-order valence-corrected chi connectivity index (χ1v) is 8.79. The summed E-state index contributed by atoms with van der Waals surface area (Å²) in [4.78, 5) is 14.2. The summed E-state index contributed by atoms with van der Waals surface area (Å²) >= 11 is 0. The Morgan fingerprint density at radius 1 is 1.27 bits per heavy atom. The predicted molar refractivity (Wildman–Crippen MR) is 85.8 cm³/mol. The van der Waals surface area contributed by atoms with Gasteiger partial charge < -0.3 is 10.0 Å². The Balaban J connectivity index is 1.74. The molecule has 1 aromatic carbocycles. The number of allylic oxidation sites excluding steroid dienone is 1. The van der Waals surface area contributed by atoms with Gasteiger partial charge in [0.25, 0.3) is 5.92 Å². The summed E-state index contributed by atoms with van der Waals surface area (Å²) in [5.41, 5.74) is -0.937. The summed E-state index contributed by atoms with van der Waals surface area (Å²) in [6.07, 6.45) is 3.15. The molecule has 0 bridgehead atoms. The SMILES string of the molecule is O=C(C1CCCc2cc(F)cc(F)c21)N1CC(F)(F)C(O)C12C=CCC2. The number of aliphatic hydroxyl groups is 1. The molecule has 3 atom stereocenters. The Bertz CT molecular complexity index is 794. The molecule has 0 saturated carbocycles. The second-order valence-electron chi connectivity index (χ2n) is 7.43. The standard InChI is InChI=1S/C19H19F4NO2/c20-12-8-11-4-3-5-13(15(11)14(21)9-12)16(25)24-10-19(22,23)17(26)18(24)6-1-2-7-18/h1,6,8-9,13,17,26H,2-5,7,10H2. The fourth-order valence-corrected chi connectivity index (χ4v) is 4.69. The van der Waals surface area contributed by atoms with E-state index >= 15 is 0 Å². The van der Waals surface area contributed by atoms with Gasteiger partial charge in [0.1, 0.15) is 17.7 Å². The summed E-state index contributed by atoms with van der Waals surface area (Å²) in [5, 5.41) is 10.2. The third-order valence-electron chi connectivity index (χ3n) is 5.89. The summed E-state index contributed by atoms with van der Waals surface area (Å²) in [5.74, 6) is -6.53. The van der Waals surface area contributed by atoms with Crippen LogP contribution < -0.4 is 0 Å². The second kappa shape index (κ2) is 5.81. The fourth-order valence-electron chi connectivity index (χ4n) is 4.69. The van der Waals surface area contributed by atoms with Crippen LogP contribution in [0.4, 0.5) is 17.6 Å². The number of carbonyl (C=O) groups excluding carboxylic acids is 1. The molecule has 1 N–H and O–H groups in total. The van der Waals surface area contributed by atoms with Gasteiger partial charge in [-0.2, -0.15) is 0 Å². The van der Waals surface area contributed by atoms with Crippen molar-refractivity contribution in [3.63, 3.8) is 0 Å². The molecule has 1 fully saturated rings. The highest BCUT2D eigenvalue weighted by atomic mass is 19.3. The van der Waals surface area contributed by atoms with Gasteiger partial charge in [0.2, 0.25) is 5.91 Å². The van der Waals surface area contributed by atoms with E-state index in [2.05, 4.69) is 0 Å². The average Bonchev–Trinajstić information content (AvgIpc) is 3.14. The predicted octanol–water partition coefficient (Wildman–Crippen LogP) is 3.31. The van der Waals surface area contributed by atoms with Crippen molar-refractivity contribution in [2.45, 2.75) is 55.6 Å². The van der Waals surface area contributed by atoms with Gasteiger partial charge in [-0.25, -0.2) is 17.6 Å². The van der Waals surface area contributed by atoms with Gasteiger partial charge in [0.15, 0.2) is 0 Å². The van der Waals surface area contributed by atoms with Crippen molar-refractivity contribution in [2.24, 2.45) is 0 Å². The number of benzene rings is 1. The number of amides is 1. The maximum absolute atomic E-state index is 14.4. The Hall–Kier alpha value is -1.89. The van der Waals surface area contributed by atoms with Crippen molar-refractivity contribution in [2.75, 3.05) is 6.54 Å². The minimum atomic E-state index is -3.43. The van der Waals surface area contributed by atoms with Crippen LogP contribution in [-0.4, -0.2) is 40.0 Å². The van der Waals surface area contributed by atoms with E-state index in [1.165, 1.54) is 12.1 Å². The molecule has 0 aromatic heterocycles. The number of aliphatic hydroxyl groups excluding tert-OH is 1. The molecule has 1 saturated heterocycles. The molecule has 4 rings (SSSR count). The molecule has 140 valence electrons. The molecule has 0 radical (unpaired) electrons. The van der Waals surface area contributed by atoms with Gasteiger partial charge in [0, 0.05) is 11.6 Å². The van der Waals surface area contributed by atoms with E-state index in [9.17, 15) is 27.5 Å². The van der Waals surface area contributed by atoms with Crippen molar-refractivity contribution >= 4 is 5.91 Å². The lowest BCUT2D eigenvalue weighted by molar-refractivity contribution is -0.137. The van der Waals surface area contributed by atoms with Crippen LogP contribution in [0, 0.1) is 11.6 Å². The first kappa shape index (κ1) is 17.5. The number of aryl methyl sites for hydroxylation is 1. The molecule has 3 aliphatic rings. The molecule has 2 aliphatic carbocycles. The number of rotatable bonds is 1. The average molecular weight is 369 g/mol. The zero-order chi connectivity index (χ0) is 18.7. The highest BCUT2D eigenvalue weighted by Crippen LogP contribution is 2.48. The fraction of sp³-hybridized carbons (Fsp3) is 0.526. The van der Waals surface area contributed by atoms with Crippen molar-refractivity contribution in [1.82, 2.24) is 4.90 Å². The van der Waals surface area contributed by atoms with E-state index in [0.717, 1.165) is 11.0 Å². The zero-order valence-corrected chi connectivity index (χ0v) is 14.0. The van der Waals surface area contributed by atoms with Crippen LogP contribution in [0.2, 0.25) is 0 Å². The number of alkyl halides is 2. The molecule has 1 aromatic rings. The van der Waals surface area contributed by atoms with Crippen molar-refractivity contribution in [3.05, 3.63) is 47.0 Å². The van der Waals surface area contributed by atoms with Crippen molar-refractivity contribution in [3.8, 4) is 0 Å². The Labute approximate surface area is 148 Å². The third kappa shape index (κ3) is 2.40. The van der Waals surface area contributed by atoms with Gasteiger partial charge in [-0.1, -0.05) is 12.2 Å². The van der Waals surface area contributed by atoms with E-state index in [4.69, 9.17) is 0 Å². The molecule has 3 nitrogen and oxygen atoms in total. The number of fused-ring (bicyclic) bond motifs is 1. The van der Waals surface area contributed by atoms with E-state index in [1.807, 2.05) is 0 Å². The monoisotopic (exact) mass is 369 g/mol. The smallest absolute Gasteiger partial charge is 0.293 e. The Kier molecular flexibility index (Phi) is 3.91. The Morgan fingerprint density at radius 3 is 2.73 bits per heavy atom. The van der Waals surface area contributed by atoms with E-state index in [1.54, 1.807) is 6.08 Å². The molecular formula is C19H19F4NO2. The third-order valence-corrected chi connectivity index (χ3v) is 5.89. The van der Waals surface area contributed by atoms with Gasteiger partial charge in [-0.3, -0.25) is 4.79 Å². The minimum absolute atomic E-state index is 0.101. The summed E-state index contributed by atoms with van der Waals surface area (Å²) in [7, 11) is 0. The maximum atomic E-state index is 14.4. The quantitative estimate of drug-likeness (QED) is 0.610. The van der Waals surface area contributed by atoms with Crippen molar-refractivity contribution in [1.29, 1.82) is 0 Å². The zero-order valence-electron chi connectivity index (χ0n) is 14.0. The summed E-state index contributed by atoms with van der Waals surface area (Å²) < 4.78 is 56.4. The number of likely N-dealkylation sites (tertiary alicyclic amines) is 1. The van der Waals surface area contributed by atoms with Crippen LogP contribution in [0.5, 0.6) is 0 Å². The van der Waals surface area contributed by atoms with Crippen LogP contribution in [0.3, 0.4) is 0 Å². The number of hydrogen-bond donors (Lipinski definition) is 1. The molecule has 7 heteroatoms. The number of halogens is 4. The topological polar surface area (TPSA) is 40.5 Å². The first-order chi connectivity index (χ1) is 12.3. The van der Waals surface area contributed by atoms with Crippen LogP contribution in [0.1, 0.15) is 42.7 Å². The van der Waals surface area contributed by atoms with Crippen LogP contribution in [0.15, 0.2) is 24.3 Å². The van der Waals surface area contributed by atoms with Gasteiger partial charge in [-0.05, 0) is 43.7 Å². The molecule has 1 spiro atoms. The molecule has 1 amide bonds. The van der Waals surface area contributed by atoms with Crippen LogP contribution >= 0.6 is 0 Å². The minimum Gasteiger partial charge on any atom is -0.384 e. The molecule has 1 heterocycles. The normalized spacial score (nSPS) is 32.3. The van der Waals surface area contributed by atoms with E-state index in [-0.39, 0.29) is 12.0 Å². The summed E-state index contributed by atoms with van der Waals surface area (Å²) in [6, 6.07) is 1.93. The lowest BCUT2D eigenvalue weighted by Crippen LogP contribution is -2.52. The van der Waals surface area contributed by atoms with E-state index in [0.29, 0.717) is 31.2 Å². The van der Waals surface area contributed by atoms with Crippen molar-refractivity contribution < 1.29 is 27.5 Å². The molecule has 26 heavy (non-hydrogen) atoms. The summed E-state index contributed by atoms with van der Waals surface area (Å²) in [6.45, 7) is -0.897. The molecular weight excluding hydrogens is 350 g/mol. The lowest BCUT2D eigenvalue weighted by atomic mass is 9.80. The lowest BCUT2D eigenvalue weighted by Gasteiger charge is -2.38. The highest BCUT2D eigenvalue weighted by Gasteiger charge is 2.64. The first-order valence-electron chi connectivity index (χ1n) is 8.79. The maximum Gasteiger partial charge on any atom is 0.293 e. The highest BCUT2D eigenvalue weighted by molar-refractivity contribution is 5.86. The molecule has 1 aliphatic heterocycles. The van der Waals surface area contributed by atoms with E-state index < -0.39 is 47.6 Å².